The topological polar surface area (TPSA) is 49.4 Å². The molecule has 0 aromatic heterocycles. The quantitative estimate of drug-likeness (QED) is 0.396. The van der Waals surface area contributed by atoms with Crippen LogP contribution in [0.15, 0.2) is 53.4 Å². The van der Waals surface area contributed by atoms with Crippen LogP contribution in [-0.4, -0.2) is 34.6 Å². The average Bonchev–Trinajstić information content (AvgIpc) is 2.82. The normalized spacial score (nSPS) is 15.1. The molecule has 0 saturated heterocycles. The second-order valence-electron chi connectivity index (χ2n) is 8.83. The number of nitrogens with zero attached hydrogens (tertiary/aromatic N) is 1. The molecule has 33 heavy (non-hydrogen) atoms. The van der Waals surface area contributed by atoms with Crippen molar-refractivity contribution >= 4 is 35.2 Å². The maximum Gasteiger partial charge on any atom is 0.243 e. The molecule has 2 aromatic carbocycles. The maximum absolute atomic E-state index is 13.4. The third kappa shape index (κ3) is 8.08. The largest absolute Gasteiger partial charge is 0.352 e. The lowest BCUT2D eigenvalue weighted by Crippen LogP contribution is -2.51. The number of halogens is 1. The van der Waals surface area contributed by atoms with E-state index in [0.29, 0.717) is 30.2 Å². The molecule has 0 unspecified atom stereocenters. The van der Waals surface area contributed by atoms with Crippen molar-refractivity contribution in [3.63, 3.8) is 0 Å². The van der Waals surface area contributed by atoms with Gasteiger partial charge in [0.05, 0.1) is 0 Å². The van der Waals surface area contributed by atoms with E-state index in [1.54, 1.807) is 16.7 Å². The van der Waals surface area contributed by atoms with Crippen molar-refractivity contribution in [2.75, 3.05) is 5.75 Å². The highest BCUT2D eigenvalue weighted by atomic mass is 35.5. The van der Waals surface area contributed by atoms with Crippen LogP contribution in [0, 0.1) is 6.92 Å². The van der Waals surface area contributed by atoms with Crippen molar-refractivity contribution in [1.82, 2.24) is 10.2 Å². The van der Waals surface area contributed by atoms with E-state index >= 15 is 0 Å². The lowest BCUT2D eigenvalue weighted by molar-refractivity contribution is -0.141. The van der Waals surface area contributed by atoms with Crippen LogP contribution in [0.4, 0.5) is 0 Å². The van der Waals surface area contributed by atoms with Crippen molar-refractivity contribution in [1.29, 1.82) is 0 Å². The molecule has 1 aliphatic rings. The Bertz CT molecular complexity index is 895. The van der Waals surface area contributed by atoms with Crippen molar-refractivity contribution in [3.05, 3.63) is 64.7 Å². The van der Waals surface area contributed by atoms with Gasteiger partial charge in [-0.1, -0.05) is 67.6 Å². The summed E-state index contributed by atoms with van der Waals surface area (Å²) in [5, 5.41) is 3.89. The van der Waals surface area contributed by atoms with Gasteiger partial charge in [-0.25, -0.2) is 0 Å². The summed E-state index contributed by atoms with van der Waals surface area (Å²) in [7, 11) is 0. The number of thioether (sulfide) groups is 1. The summed E-state index contributed by atoms with van der Waals surface area (Å²) in [6.07, 6.45) is 6.59. The fraction of sp³-hybridized carbons (Fsp3) is 0.481. The van der Waals surface area contributed by atoms with Crippen molar-refractivity contribution in [2.45, 2.75) is 82.3 Å². The summed E-state index contributed by atoms with van der Waals surface area (Å²) in [6, 6.07) is 15.6. The number of nitrogens with one attached hydrogen (secondary N) is 1. The molecular formula is C27H35ClN2O2S. The third-order valence-electron chi connectivity index (χ3n) is 6.21. The predicted molar refractivity (Wildman–Crippen MR) is 138 cm³/mol. The van der Waals surface area contributed by atoms with Gasteiger partial charge in [-0.3, -0.25) is 9.59 Å². The summed E-state index contributed by atoms with van der Waals surface area (Å²) < 4.78 is 0. The standard InChI is InChI=1S/C27H35ClN2O2S/c1-3-25(27(32)29-23-7-5-4-6-8-23)30(19-21-11-13-22(28)14-12-21)26(31)17-18-33-24-15-9-20(2)10-16-24/h9-16,23,25H,3-8,17-19H2,1-2H3,(H,29,32)/t25-/m0/s1. The molecule has 1 N–H and O–H groups in total. The first-order valence-electron chi connectivity index (χ1n) is 12.0. The first-order chi connectivity index (χ1) is 16.0. The van der Waals surface area contributed by atoms with Gasteiger partial charge in [0, 0.05) is 34.7 Å². The zero-order valence-electron chi connectivity index (χ0n) is 19.7. The molecule has 6 heteroatoms. The van der Waals surface area contributed by atoms with E-state index < -0.39 is 6.04 Å². The zero-order chi connectivity index (χ0) is 23.6. The molecule has 0 aliphatic heterocycles. The monoisotopic (exact) mass is 486 g/mol. The first kappa shape index (κ1) is 25.6. The van der Waals surface area contributed by atoms with Gasteiger partial charge < -0.3 is 10.2 Å². The lowest BCUT2D eigenvalue weighted by atomic mass is 9.95. The van der Waals surface area contributed by atoms with Gasteiger partial charge in [0.25, 0.3) is 0 Å². The van der Waals surface area contributed by atoms with Gasteiger partial charge in [-0.2, -0.15) is 0 Å². The van der Waals surface area contributed by atoms with E-state index in [9.17, 15) is 9.59 Å². The summed E-state index contributed by atoms with van der Waals surface area (Å²) in [5.41, 5.74) is 2.20. The highest BCUT2D eigenvalue weighted by Crippen LogP contribution is 2.22. The van der Waals surface area contributed by atoms with Crippen LogP contribution in [0.5, 0.6) is 0 Å². The summed E-state index contributed by atoms with van der Waals surface area (Å²) >= 11 is 7.72. The number of amides is 2. The van der Waals surface area contributed by atoms with Crippen LogP contribution >= 0.6 is 23.4 Å². The fourth-order valence-electron chi connectivity index (χ4n) is 4.28. The van der Waals surface area contributed by atoms with E-state index in [1.165, 1.54) is 12.0 Å². The molecule has 0 spiro atoms. The Morgan fingerprint density at radius 2 is 1.73 bits per heavy atom. The van der Waals surface area contributed by atoms with Crippen molar-refractivity contribution < 1.29 is 9.59 Å². The Labute approximate surface area is 207 Å². The van der Waals surface area contributed by atoms with E-state index in [2.05, 4.69) is 36.5 Å². The zero-order valence-corrected chi connectivity index (χ0v) is 21.3. The van der Waals surface area contributed by atoms with E-state index in [0.717, 1.165) is 36.1 Å². The average molecular weight is 487 g/mol. The van der Waals surface area contributed by atoms with Gasteiger partial charge in [-0.05, 0) is 56.0 Å². The number of carbonyl (C=O) groups is 2. The highest BCUT2D eigenvalue weighted by molar-refractivity contribution is 7.99. The van der Waals surface area contributed by atoms with Crippen LogP contribution in [0.2, 0.25) is 5.02 Å². The molecule has 0 heterocycles. The number of aryl methyl sites for hydroxylation is 1. The van der Waals surface area contributed by atoms with Crippen LogP contribution in [0.25, 0.3) is 0 Å². The van der Waals surface area contributed by atoms with E-state index in [-0.39, 0.29) is 17.9 Å². The maximum atomic E-state index is 13.4. The lowest BCUT2D eigenvalue weighted by Gasteiger charge is -2.33. The van der Waals surface area contributed by atoms with Gasteiger partial charge in [0.15, 0.2) is 0 Å². The van der Waals surface area contributed by atoms with Crippen LogP contribution in [-0.2, 0) is 16.1 Å². The van der Waals surface area contributed by atoms with Gasteiger partial charge in [0.1, 0.15) is 6.04 Å². The second kappa shape index (κ2) is 13.0. The smallest absolute Gasteiger partial charge is 0.243 e. The molecule has 2 amide bonds. The predicted octanol–water partition coefficient (Wildman–Crippen LogP) is 6.39. The minimum absolute atomic E-state index is 0.00945. The molecule has 3 rings (SSSR count). The molecule has 1 atom stereocenters. The minimum atomic E-state index is -0.473. The number of hydrogen-bond acceptors (Lipinski definition) is 3. The molecule has 0 radical (unpaired) electrons. The summed E-state index contributed by atoms with van der Waals surface area (Å²) in [6.45, 7) is 4.45. The van der Waals surface area contributed by atoms with E-state index in [1.807, 2.05) is 31.2 Å². The number of hydrogen-bond donors (Lipinski definition) is 1. The van der Waals surface area contributed by atoms with Crippen molar-refractivity contribution in [3.8, 4) is 0 Å². The Morgan fingerprint density at radius 1 is 1.06 bits per heavy atom. The van der Waals surface area contributed by atoms with Gasteiger partial charge in [0.2, 0.25) is 11.8 Å². The van der Waals surface area contributed by atoms with E-state index in [4.69, 9.17) is 11.6 Å². The fourth-order valence-corrected chi connectivity index (χ4v) is 5.25. The molecule has 0 bridgehead atoms. The van der Waals surface area contributed by atoms with Crippen molar-refractivity contribution in [2.24, 2.45) is 0 Å². The number of benzene rings is 2. The van der Waals surface area contributed by atoms with Gasteiger partial charge in [-0.15, -0.1) is 11.8 Å². The Morgan fingerprint density at radius 3 is 2.36 bits per heavy atom. The SMILES string of the molecule is CC[C@@H](C(=O)NC1CCCCC1)N(Cc1ccc(Cl)cc1)C(=O)CCSc1ccc(C)cc1. The minimum Gasteiger partial charge on any atom is -0.352 e. The molecule has 1 saturated carbocycles. The molecule has 178 valence electrons. The highest BCUT2D eigenvalue weighted by Gasteiger charge is 2.30. The number of carbonyl (C=O) groups excluding carboxylic acids is 2. The Balaban J connectivity index is 1.68. The van der Waals surface area contributed by atoms with Gasteiger partial charge >= 0.3 is 0 Å². The molecule has 1 fully saturated rings. The Kier molecular flexibility index (Phi) is 10.1. The molecular weight excluding hydrogens is 452 g/mol. The third-order valence-corrected chi connectivity index (χ3v) is 7.48. The van der Waals surface area contributed by atoms with Crippen LogP contribution in [0.1, 0.15) is 63.0 Å². The van der Waals surface area contributed by atoms with Crippen LogP contribution < -0.4 is 5.32 Å². The summed E-state index contributed by atoms with van der Waals surface area (Å²) in [5.74, 6) is 0.660. The number of rotatable bonds is 10. The molecule has 1 aliphatic carbocycles. The molecule has 4 nitrogen and oxygen atoms in total. The molecule has 2 aromatic rings. The Hall–Kier alpha value is -1.98. The summed E-state index contributed by atoms with van der Waals surface area (Å²) in [4.78, 5) is 29.5. The second-order valence-corrected chi connectivity index (χ2v) is 10.4. The van der Waals surface area contributed by atoms with Crippen LogP contribution in [0.3, 0.4) is 0 Å². The first-order valence-corrected chi connectivity index (χ1v) is 13.4.